The number of hydrogen-bond acceptors (Lipinski definition) is 6. The maximum Gasteiger partial charge on any atom is 0.249 e. The van der Waals surface area contributed by atoms with Crippen molar-refractivity contribution in [3.8, 4) is 11.5 Å². The van der Waals surface area contributed by atoms with Crippen molar-refractivity contribution in [2.45, 2.75) is 4.90 Å². The summed E-state index contributed by atoms with van der Waals surface area (Å²) in [6, 6.07) is 13.1. The van der Waals surface area contributed by atoms with Gasteiger partial charge in [0.2, 0.25) is 15.9 Å². The van der Waals surface area contributed by atoms with Gasteiger partial charge in [0.15, 0.2) is 11.5 Å². The number of nitrogens with two attached hydrogens (primary N) is 1. The van der Waals surface area contributed by atoms with E-state index in [0.29, 0.717) is 22.4 Å². The second kappa shape index (κ2) is 8.13. The van der Waals surface area contributed by atoms with E-state index in [9.17, 15) is 23.4 Å². The van der Waals surface area contributed by atoms with E-state index in [-0.39, 0.29) is 16.4 Å². The molecular weight excluding hydrogens is 394 g/mol. The Morgan fingerprint density at radius 3 is 2.31 bits per heavy atom. The van der Waals surface area contributed by atoms with Crippen molar-refractivity contribution in [2.75, 3.05) is 5.32 Å². The molecule has 2 aromatic carbocycles. The molecule has 5 N–H and O–H groups in total. The molecule has 0 bridgehead atoms. The third-order valence-electron chi connectivity index (χ3n) is 3.98. The van der Waals surface area contributed by atoms with Crippen molar-refractivity contribution in [3.05, 3.63) is 84.2 Å². The van der Waals surface area contributed by atoms with Gasteiger partial charge in [-0.25, -0.2) is 13.6 Å². The average Bonchev–Trinajstić information content (AvgIpc) is 2.69. The van der Waals surface area contributed by atoms with Crippen LogP contribution in [0.15, 0.2) is 78.0 Å². The molecule has 29 heavy (non-hydrogen) atoms. The van der Waals surface area contributed by atoms with Gasteiger partial charge in [0.1, 0.15) is 0 Å². The lowest BCUT2D eigenvalue weighted by molar-refractivity contribution is -0.111. The van der Waals surface area contributed by atoms with Gasteiger partial charge >= 0.3 is 0 Å². The van der Waals surface area contributed by atoms with Crippen LogP contribution in [0, 0.1) is 0 Å². The van der Waals surface area contributed by atoms with Crippen LogP contribution in [0.4, 0.5) is 5.69 Å². The van der Waals surface area contributed by atoms with E-state index in [0.717, 1.165) is 0 Å². The number of phenols is 2. The van der Waals surface area contributed by atoms with E-state index < -0.39 is 15.9 Å². The lowest BCUT2D eigenvalue weighted by atomic mass is 9.98. The molecule has 0 aliphatic rings. The Kier molecular flexibility index (Phi) is 5.62. The number of phenolic OH excluding ortho intramolecular Hbond substituents is 2. The van der Waals surface area contributed by atoms with Gasteiger partial charge in [-0.1, -0.05) is 12.1 Å². The summed E-state index contributed by atoms with van der Waals surface area (Å²) >= 11 is 0. The van der Waals surface area contributed by atoms with Crippen LogP contribution in [-0.2, 0) is 14.8 Å². The number of primary sulfonamides is 1. The number of pyridine rings is 1. The molecule has 0 radical (unpaired) electrons. The molecule has 0 saturated heterocycles. The molecule has 0 aliphatic heterocycles. The van der Waals surface area contributed by atoms with Gasteiger partial charge < -0.3 is 15.5 Å². The van der Waals surface area contributed by atoms with E-state index in [1.165, 1.54) is 42.5 Å². The number of amides is 1. The third-order valence-corrected chi connectivity index (χ3v) is 4.91. The van der Waals surface area contributed by atoms with Gasteiger partial charge in [0, 0.05) is 29.7 Å². The largest absolute Gasteiger partial charge is 0.504 e. The van der Waals surface area contributed by atoms with E-state index in [4.69, 9.17) is 5.14 Å². The number of anilines is 1. The molecule has 3 rings (SSSR count). The minimum absolute atomic E-state index is 0.0679. The average molecular weight is 411 g/mol. The quantitative estimate of drug-likeness (QED) is 0.374. The Bertz CT molecular complexity index is 1170. The number of nitrogens with one attached hydrogen (secondary N) is 1. The SMILES string of the molecule is NS(=O)(=O)c1ccc(NC(=O)/C=C(\c2cccnc2)c2ccc(O)c(O)c2)cc1. The molecule has 148 valence electrons. The van der Waals surface area contributed by atoms with Crippen LogP contribution in [0.5, 0.6) is 11.5 Å². The maximum atomic E-state index is 12.5. The minimum atomic E-state index is -3.82. The van der Waals surface area contributed by atoms with Crippen LogP contribution in [0.3, 0.4) is 0 Å². The molecule has 3 aromatic rings. The van der Waals surface area contributed by atoms with Gasteiger partial charge in [0.25, 0.3) is 0 Å². The summed E-state index contributed by atoms with van der Waals surface area (Å²) in [5.74, 6) is -1.09. The Labute approximate surface area is 167 Å². The molecule has 0 fully saturated rings. The highest BCUT2D eigenvalue weighted by Crippen LogP contribution is 2.31. The van der Waals surface area contributed by atoms with Gasteiger partial charge in [-0.05, 0) is 53.6 Å². The molecule has 0 spiro atoms. The number of hydrogen-bond donors (Lipinski definition) is 4. The van der Waals surface area contributed by atoms with Crippen LogP contribution in [0.1, 0.15) is 11.1 Å². The standard InChI is InChI=1S/C20H17N3O5S/c21-29(27,28)16-6-4-15(5-7-16)23-20(26)11-17(14-2-1-9-22-12-14)13-3-8-18(24)19(25)10-13/h1-12,24-25H,(H,23,26)(H2,21,27,28)/b17-11-. The first kappa shape index (κ1) is 20.1. The van der Waals surface area contributed by atoms with Crippen LogP contribution in [0.2, 0.25) is 0 Å². The van der Waals surface area contributed by atoms with Crippen molar-refractivity contribution in [2.24, 2.45) is 5.14 Å². The lowest BCUT2D eigenvalue weighted by Gasteiger charge is -2.10. The molecule has 9 heteroatoms. The number of benzene rings is 2. The number of rotatable bonds is 5. The van der Waals surface area contributed by atoms with Crippen molar-refractivity contribution >= 4 is 27.2 Å². The summed E-state index contributed by atoms with van der Waals surface area (Å²) in [6.45, 7) is 0. The monoisotopic (exact) mass is 411 g/mol. The van der Waals surface area contributed by atoms with Crippen LogP contribution in [-0.4, -0.2) is 29.5 Å². The molecule has 1 amide bonds. The zero-order chi connectivity index (χ0) is 21.0. The maximum absolute atomic E-state index is 12.5. The van der Waals surface area contributed by atoms with E-state index >= 15 is 0 Å². The number of aromatic hydroxyl groups is 2. The highest BCUT2D eigenvalue weighted by atomic mass is 32.2. The van der Waals surface area contributed by atoms with Gasteiger partial charge in [-0.3, -0.25) is 9.78 Å². The zero-order valence-corrected chi connectivity index (χ0v) is 15.8. The third kappa shape index (κ3) is 4.98. The second-order valence-corrected chi connectivity index (χ2v) is 7.62. The first-order valence-electron chi connectivity index (χ1n) is 8.32. The van der Waals surface area contributed by atoms with Crippen LogP contribution >= 0.6 is 0 Å². The van der Waals surface area contributed by atoms with Gasteiger partial charge in [-0.2, -0.15) is 0 Å². The van der Waals surface area contributed by atoms with Crippen molar-refractivity contribution in [1.82, 2.24) is 4.98 Å². The normalized spacial score (nSPS) is 11.8. The number of sulfonamides is 1. The summed E-state index contributed by atoms with van der Waals surface area (Å²) in [5, 5.41) is 27.0. The molecule has 0 unspecified atom stereocenters. The molecule has 0 atom stereocenters. The predicted octanol–water partition coefficient (Wildman–Crippen LogP) is 2.21. The second-order valence-electron chi connectivity index (χ2n) is 6.06. The Morgan fingerprint density at radius 1 is 1.00 bits per heavy atom. The summed E-state index contributed by atoms with van der Waals surface area (Å²) in [7, 11) is -3.82. The molecule has 0 saturated carbocycles. The molecule has 8 nitrogen and oxygen atoms in total. The summed E-state index contributed by atoms with van der Waals surface area (Å²) < 4.78 is 22.6. The smallest absolute Gasteiger partial charge is 0.249 e. The zero-order valence-electron chi connectivity index (χ0n) is 15.0. The van der Waals surface area contributed by atoms with E-state index in [1.54, 1.807) is 30.6 Å². The van der Waals surface area contributed by atoms with Crippen LogP contribution in [0.25, 0.3) is 5.57 Å². The summed E-state index contributed by atoms with van der Waals surface area (Å²) in [5.41, 5.74) is 1.95. The fourth-order valence-corrected chi connectivity index (χ4v) is 3.10. The number of carbonyl (C=O) groups excluding carboxylic acids is 1. The van der Waals surface area contributed by atoms with Crippen molar-refractivity contribution < 1.29 is 23.4 Å². The topological polar surface area (TPSA) is 143 Å². The van der Waals surface area contributed by atoms with Crippen molar-refractivity contribution in [3.63, 3.8) is 0 Å². The fourth-order valence-electron chi connectivity index (χ4n) is 2.58. The first-order valence-corrected chi connectivity index (χ1v) is 9.87. The molecule has 0 aliphatic carbocycles. The minimum Gasteiger partial charge on any atom is -0.504 e. The number of carbonyl (C=O) groups is 1. The van der Waals surface area contributed by atoms with Gasteiger partial charge in [-0.15, -0.1) is 0 Å². The first-order chi connectivity index (χ1) is 13.7. The Balaban J connectivity index is 1.93. The van der Waals surface area contributed by atoms with E-state index in [1.807, 2.05) is 0 Å². The van der Waals surface area contributed by atoms with Crippen molar-refractivity contribution in [1.29, 1.82) is 0 Å². The summed E-state index contributed by atoms with van der Waals surface area (Å²) in [4.78, 5) is 16.5. The predicted molar refractivity (Wildman–Crippen MR) is 108 cm³/mol. The van der Waals surface area contributed by atoms with E-state index in [2.05, 4.69) is 10.3 Å². The fraction of sp³-hybridized carbons (Fsp3) is 0. The van der Waals surface area contributed by atoms with Gasteiger partial charge in [0.05, 0.1) is 4.90 Å². The Morgan fingerprint density at radius 2 is 1.72 bits per heavy atom. The number of nitrogens with zero attached hydrogens (tertiary/aromatic N) is 1. The highest BCUT2D eigenvalue weighted by molar-refractivity contribution is 7.89. The van der Waals surface area contributed by atoms with Crippen LogP contribution < -0.4 is 10.5 Å². The summed E-state index contributed by atoms with van der Waals surface area (Å²) in [6.07, 6.45) is 4.46. The molecular formula is C20H17N3O5S. The molecule has 1 aromatic heterocycles. The highest BCUT2D eigenvalue weighted by Gasteiger charge is 2.12. The lowest BCUT2D eigenvalue weighted by Crippen LogP contribution is -2.13. The number of aromatic nitrogens is 1. The Hall–Kier alpha value is -3.69. The molecule has 1 heterocycles.